The molecule has 1 fully saturated rings. The second-order valence-electron chi connectivity index (χ2n) is 4.42. The highest BCUT2D eigenvalue weighted by molar-refractivity contribution is 5.97. The SMILES string of the molecule is COc1ccc(NC(=O)CN2CCCC2=O)c(N)c1. The van der Waals surface area contributed by atoms with Crippen molar-refractivity contribution in [2.45, 2.75) is 12.8 Å². The van der Waals surface area contributed by atoms with Crippen molar-refractivity contribution < 1.29 is 14.3 Å². The number of nitrogens with zero attached hydrogens (tertiary/aromatic N) is 1. The zero-order chi connectivity index (χ0) is 13.8. The third kappa shape index (κ3) is 3.15. The first-order chi connectivity index (χ1) is 9.10. The first kappa shape index (κ1) is 13.2. The number of hydrogen-bond donors (Lipinski definition) is 2. The molecule has 1 aliphatic heterocycles. The normalized spacial score (nSPS) is 14.6. The van der Waals surface area contributed by atoms with Gasteiger partial charge in [0.25, 0.3) is 0 Å². The first-order valence-electron chi connectivity index (χ1n) is 6.11. The molecular weight excluding hydrogens is 246 g/mol. The molecule has 1 heterocycles. The van der Waals surface area contributed by atoms with Crippen molar-refractivity contribution in [3.63, 3.8) is 0 Å². The molecule has 3 N–H and O–H groups in total. The highest BCUT2D eigenvalue weighted by Gasteiger charge is 2.22. The summed E-state index contributed by atoms with van der Waals surface area (Å²) in [5.74, 6) is 0.412. The molecule has 0 aliphatic carbocycles. The average molecular weight is 263 g/mol. The van der Waals surface area contributed by atoms with E-state index in [0.29, 0.717) is 30.1 Å². The van der Waals surface area contributed by atoms with Gasteiger partial charge < -0.3 is 20.7 Å². The molecule has 1 aromatic rings. The molecule has 0 bridgehead atoms. The smallest absolute Gasteiger partial charge is 0.244 e. The maximum absolute atomic E-state index is 11.8. The van der Waals surface area contributed by atoms with Crippen molar-refractivity contribution in [3.05, 3.63) is 18.2 Å². The van der Waals surface area contributed by atoms with Crippen LogP contribution in [0.1, 0.15) is 12.8 Å². The van der Waals surface area contributed by atoms with E-state index in [1.54, 1.807) is 30.2 Å². The summed E-state index contributed by atoms with van der Waals surface area (Å²) < 4.78 is 5.03. The van der Waals surface area contributed by atoms with Gasteiger partial charge in [-0.1, -0.05) is 0 Å². The second-order valence-corrected chi connectivity index (χ2v) is 4.42. The van der Waals surface area contributed by atoms with E-state index in [-0.39, 0.29) is 18.4 Å². The van der Waals surface area contributed by atoms with Crippen LogP contribution >= 0.6 is 0 Å². The van der Waals surface area contributed by atoms with Crippen LogP contribution in [0.25, 0.3) is 0 Å². The van der Waals surface area contributed by atoms with Crippen molar-refractivity contribution in [2.24, 2.45) is 0 Å². The number of nitrogens with one attached hydrogen (secondary N) is 1. The molecule has 2 amide bonds. The number of hydrogen-bond acceptors (Lipinski definition) is 4. The summed E-state index contributed by atoms with van der Waals surface area (Å²) in [6.07, 6.45) is 1.34. The molecule has 2 rings (SSSR count). The Balaban J connectivity index is 1.97. The Morgan fingerprint density at radius 1 is 1.53 bits per heavy atom. The van der Waals surface area contributed by atoms with Crippen LogP contribution in [0.2, 0.25) is 0 Å². The number of amides is 2. The Labute approximate surface area is 111 Å². The highest BCUT2D eigenvalue weighted by atomic mass is 16.5. The number of anilines is 2. The summed E-state index contributed by atoms with van der Waals surface area (Å²) in [5.41, 5.74) is 6.76. The first-order valence-corrected chi connectivity index (χ1v) is 6.11. The molecule has 19 heavy (non-hydrogen) atoms. The molecule has 6 heteroatoms. The van der Waals surface area contributed by atoms with E-state index in [4.69, 9.17) is 10.5 Å². The van der Waals surface area contributed by atoms with Gasteiger partial charge in [-0.05, 0) is 18.6 Å². The van der Waals surface area contributed by atoms with Crippen LogP contribution in [-0.4, -0.2) is 36.9 Å². The Hall–Kier alpha value is -2.24. The fourth-order valence-electron chi connectivity index (χ4n) is 2.02. The lowest BCUT2D eigenvalue weighted by Gasteiger charge is -2.15. The van der Waals surface area contributed by atoms with E-state index >= 15 is 0 Å². The van der Waals surface area contributed by atoms with Crippen LogP contribution in [0.15, 0.2) is 18.2 Å². The molecule has 1 saturated heterocycles. The minimum Gasteiger partial charge on any atom is -0.497 e. The summed E-state index contributed by atoms with van der Waals surface area (Å²) in [6, 6.07) is 5.03. The molecule has 0 spiro atoms. The van der Waals surface area contributed by atoms with Gasteiger partial charge in [0.2, 0.25) is 11.8 Å². The number of rotatable bonds is 4. The van der Waals surface area contributed by atoms with Crippen LogP contribution in [0.3, 0.4) is 0 Å². The number of benzene rings is 1. The van der Waals surface area contributed by atoms with Crippen LogP contribution in [0.4, 0.5) is 11.4 Å². The van der Waals surface area contributed by atoms with Gasteiger partial charge in [0.15, 0.2) is 0 Å². The van der Waals surface area contributed by atoms with Gasteiger partial charge in [-0.2, -0.15) is 0 Å². The summed E-state index contributed by atoms with van der Waals surface area (Å²) in [4.78, 5) is 24.8. The molecular formula is C13H17N3O3. The van der Waals surface area contributed by atoms with Gasteiger partial charge in [-0.15, -0.1) is 0 Å². The third-order valence-electron chi connectivity index (χ3n) is 3.04. The second kappa shape index (κ2) is 5.60. The minimum atomic E-state index is -0.243. The molecule has 102 valence electrons. The monoisotopic (exact) mass is 263 g/mol. The zero-order valence-electron chi connectivity index (χ0n) is 10.8. The van der Waals surface area contributed by atoms with E-state index in [1.165, 1.54) is 0 Å². The number of methoxy groups -OCH3 is 1. The lowest BCUT2D eigenvalue weighted by molar-refractivity contribution is -0.131. The predicted molar refractivity (Wildman–Crippen MR) is 71.9 cm³/mol. The number of nitrogen functional groups attached to an aromatic ring is 1. The Morgan fingerprint density at radius 3 is 2.89 bits per heavy atom. The number of likely N-dealkylation sites (tertiary alicyclic amines) is 1. The van der Waals surface area contributed by atoms with Gasteiger partial charge in [-0.25, -0.2) is 0 Å². The molecule has 6 nitrogen and oxygen atoms in total. The average Bonchev–Trinajstić information content (AvgIpc) is 2.77. The van der Waals surface area contributed by atoms with Crippen LogP contribution in [-0.2, 0) is 9.59 Å². The van der Waals surface area contributed by atoms with E-state index in [2.05, 4.69) is 5.32 Å². The van der Waals surface area contributed by atoms with Crippen molar-refractivity contribution in [1.29, 1.82) is 0 Å². The molecule has 0 aromatic heterocycles. The van der Waals surface area contributed by atoms with Crippen LogP contribution in [0.5, 0.6) is 5.75 Å². The Bertz CT molecular complexity index is 502. The summed E-state index contributed by atoms with van der Waals surface area (Å²) in [5, 5.41) is 2.70. The van der Waals surface area contributed by atoms with Gasteiger partial charge in [0, 0.05) is 19.0 Å². The van der Waals surface area contributed by atoms with Crippen LogP contribution < -0.4 is 15.8 Å². The van der Waals surface area contributed by atoms with Gasteiger partial charge in [0.1, 0.15) is 5.75 Å². The maximum atomic E-state index is 11.8. The molecule has 0 saturated carbocycles. The topological polar surface area (TPSA) is 84.7 Å². The number of carbonyl (C=O) groups excluding carboxylic acids is 2. The Morgan fingerprint density at radius 2 is 2.32 bits per heavy atom. The fourth-order valence-corrected chi connectivity index (χ4v) is 2.02. The quantitative estimate of drug-likeness (QED) is 0.788. The van der Waals surface area contributed by atoms with Gasteiger partial charge in [0.05, 0.1) is 25.0 Å². The molecule has 0 radical (unpaired) electrons. The zero-order valence-corrected chi connectivity index (χ0v) is 10.8. The molecule has 1 aromatic carbocycles. The van der Waals surface area contributed by atoms with E-state index in [0.717, 1.165) is 6.42 Å². The fraction of sp³-hybridized carbons (Fsp3) is 0.385. The lowest BCUT2D eigenvalue weighted by atomic mass is 10.2. The van der Waals surface area contributed by atoms with Gasteiger partial charge >= 0.3 is 0 Å². The molecule has 0 unspecified atom stereocenters. The van der Waals surface area contributed by atoms with Crippen molar-refractivity contribution >= 4 is 23.2 Å². The number of ether oxygens (including phenoxy) is 1. The summed E-state index contributed by atoms with van der Waals surface area (Å²) >= 11 is 0. The minimum absolute atomic E-state index is 0.0258. The van der Waals surface area contributed by atoms with Crippen LogP contribution in [0, 0.1) is 0 Å². The molecule has 0 atom stereocenters. The standard InChI is InChI=1S/C13H17N3O3/c1-19-9-4-5-11(10(14)7-9)15-12(17)8-16-6-2-3-13(16)18/h4-5,7H,2-3,6,8,14H2,1H3,(H,15,17). The maximum Gasteiger partial charge on any atom is 0.244 e. The van der Waals surface area contributed by atoms with E-state index in [1.807, 2.05) is 0 Å². The molecule has 1 aliphatic rings. The lowest BCUT2D eigenvalue weighted by Crippen LogP contribution is -2.34. The Kier molecular flexibility index (Phi) is 3.89. The van der Waals surface area contributed by atoms with Crippen molar-refractivity contribution in [2.75, 3.05) is 31.2 Å². The van der Waals surface area contributed by atoms with Gasteiger partial charge in [-0.3, -0.25) is 9.59 Å². The highest BCUT2D eigenvalue weighted by Crippen LogP contribution is 2.24. The number of carbonyl (C=O) groups is 2. The van der Waals surface area contributed by atoms with Crippen molar-refractivity contribution in [1.82, 2.24) is 4.90 Å². The van der Waals surface area contributed by atoms with Crippen molar-refractivity contribution in [3.8, 4) is 5.75 Å². The largest absolute Gasteiger partial charge is 0.497 e. The van der Waals surface area contributed by atoms with E-state index < -0.39 is 0 Å². The summed E-state index contributed by atoms with van der Waals surface area (Å²) in [7, 11) is 1.55. The number of nitrogens with two attached hydrogens (primary N) is 1. The third-order valence-corrected chi connectivity index (χ3v) is 3.04. The predicted octanol–water partition coefficient (Wildman–Crippen LogP) is 0.838. The summed E-state index contributed by atoms with van der Waals surface area (Å²) in [6.45, 7) is 0.717. The van der Waals surface area contributed by atoms with E-state index in [9.17, 15) is 9.59 Å².